The normalized spacial score (nSPS) is 14.0. The smallest absolute Gasteiger partial charge is 0.316 e. The largest absolute Gasteiger partial charge is 0.351 e. The lowest BCUT2D eigenvalue weighted by Crippen LogP contribution is -2.28. The zero-order valence-corrected chi connectivity index (χ0v) is 19.0. The number of para-hydroxylation sites is 1. The minimum Gasteiger partial charge on any atom is -0.351 e. The summed E-state index contributed by atoms with van der Waals surface area (Å²) in [4.78, 5) is 13.7. The van der Waals surface area contributed by atoms with E-state index in [9.17, 15) is 4.79 Å². The van der Waals surface area contributed by atoms with Gasteiger partial charge in [-0.25, -0.2) is 9.48 Å². The topological polar surface area (TPSA) is 76.2 Å². The zero-order valence-electron chi connectivity index (χ0n) is 19.0. The van der Waals surface area contributed by atoms with Crippen LogP contribution in [-0.2, 0) is 13.1 Å². The molecule has 4 rings (SSSR count). The molecule has 0 saturated carbocycles. The van der Waals surface area contributed by atoms with Crippen molar-refractivity contribution in [1.82, 2.24) is 14.7 Å². The molecule has 31 heavy (non-hydrogen) atoms. The summed E-state index contributed by atoms with van der Waals surface area (Å²) in [6.07, 6.45) is 0. The van der Waals surface area contributed by atoms with Crippen LogP contribution in [0.2, 0.25) is 0 Å². The Morgan fingerprint density at radius 2 is 1.71 bits per heavy atom. The predicted molar refractivity (Wildman–Crippen MR) is 125 cm³/mol. The van der Waals surface area contributed by atoms with Gasteiger partial charge in [0.25, 0.3) is 0 Å². The number of urea groups is 1. The summed E-state index contributed by atoms with van der Waals surface area (Å²) in [5.74, 6) is 0. The van der Waals surface area contributed by atoms with Crippen molar-refractivity contribution in [3.05, 3.63) is 64.8 Å². The van der Waals surface area contributed by atoms with Crippen LogP contribution in [-0.4, -0.2) is 27.3 Å². The van der Waals surface area contributed by atoms with Crippen LogP contribution < -0.4 is 11.1 Å². The fourth-order valence-electron chi connectivity index (χ4n) is 4.51. The molecule has 2 heterocycles. The van der Waals surface area contributed by atoms with Crippen LogP contribution in [0.15, 0.2) is 42.5 Å². The van der Waals surface area contributed by atoms with Crippen LogP contribution in [0.3, 0.4) is 0 Å². The van der Waals surface area contributed by atoms with Gasteiger partial charge < -0.3 is 11.1 Å². The molecule has 0 bridgehead atoms. The highest BCUT2D eigenvalue weighted by atomic mass is 16.2. The molecule has 0 atom stereocenters. The monoisotopic (exact) mass is 417 g/mol. The highest BCUT2D eigenvalue weighted by Crippen LogP contribution is 2.37. The van der Waals surface area contributed by atoms with Crippen LogP contribution >= 0.6 is 0 Å². The Morgan fingerprint density at radius 1 is 1.06 bits per heavy atom. The fraction of sp³-hybridized carbons (Fsp3) is 0.360. The minimum absolute atomic E-state index is 0.230. The average molecular weight is 418 g/mol. The minimum atomic E-state index is -0.563. The van der Waals surface area contributed by atoms with Gasteiger partial charge in [0.2, 0.25) is 0 Å². The number of hydrogen-bond donors (Lipinski definition) is 2. The second-order valence-corrected chi connectivity index (χ2v) is 9.70. The second-order valence-electron chi connectivity index (χ2n) is 9.70. The Kier molecular flexibility index (Phi) is 5.35. The Bertz CT molecular complexity index is 1100. The number of aryl methyl sites for hydroxylation is 2. The molecule has 6 nitrogen and oxygen atoms in total. The van der Waals surface area contributed by atoms with Gasteiger partial charge in [0, 0.05) is 36.4 Å². The quantitative estimate of drug-likeness (QED) is 0.627. The van der Waals surface area contributed by atoms with Crippen molar-refractivity contribution in [2.45, 2.75) is 47.7 Å². The number of primary amides is 1. The van der Waals surface area contributed by atoms with Gasteiger partial charge in [0.15, 0.2) is 0 Å². The summed E-state index contributed by atoms with van der Waals surface area (Å²) < 4.78 is 2.11. The van der Waals surface area contributed by atoms with Gasteiger partial charge in [-0.05, 0) is 42.5 Å². The predicted octanol–water partition coefficient (Wildman–Crippen LogP) is 5.01. The number of carbonyl (C=O) groups excluding carboxylic acids is 1. The Morgan fingerprint density at radius 3 is 2.29 bits per heavy atom. The summed E-state index contributed by atoms with van der Waals surface area (Å²) in [5.41, 5.74) is 14.3. The van der Waals surface area contributed by atoms with Crippen molar-refractivity contribution < 1.29 is 4.79 Å². The lowest BCUT2D eigenvalue weighted by molar-refractivity contribution is 0.191. The van der Waals surface area contributed by atoms with Gasteiger partial charge in [-0.15, -0.1) is 0 Å². The lowest BCUT2D eigenvalue weighted by Gasteiger charge is -2.26. The summed E-state index contributed by atoms with van der Waals surface area (Å²) in [6.45, 7) is 13.8. The van der Waals surface area contributed by atoms with E-state index in [0.29, 0.717) is 5.69 Å². The first kappa shape index (κ1) is 21.1. The third kappa shape index (κ3) is 4.35. The molecule has 2 aromatic carbocycles. The van der Waals surface area contributed by atoms with Crippen LogP contribution in [0.4, 0.5) is 10.5 Å². The summed E-state index contributed by atoms with van der Waals surface area (Å²) in [7, 11) is 0. The number of anilines is 1. The Labute approximate surface area is 184 Å². The van der Waals surface area contributed by atoms with Gasteiger partial charge >= 0.3 is 6.03 Å². The number of rotatable bonds is 4. The number of nitrogens with one attached hydrogen (secondary N) is 1. The highest BCUT2D eigenvalue weighted by Gasteiger charge is 2.31. The van der Waals surface area contributed by atoms with Crippen LogP contribution in [0.5, 0.6) is 0 Å². The Hall–Kier alpha value is -3.12. The maximum Gasteiger partial charge on any atom is 0.316 e. The third-order valence-electron chi connectivity index (χ3n) is 5.60. The number of aromatic nitrogens is 2. The number of amides is 2. The molecular formula is C25H31N5O. The number of nitrogens with two attached hydrogens (primary N) is 1. The number of benzene rings is 2. The molecule has 0 aliphatic carbocycles. The molecule has 0 unspecified atom stereocenters. The Balaban J connectivity index is 1.81. The third-order valence-corrected chi connectivity index (χ3v) is 5.60. The lowest BCUT2D eigenvalue weighted by atomic mass is 9.96. The molecular weight excluding hydrogens is 386 g/mol. The van der Waals surface area contributed by atoms with Crippen LogP contribution in [0, 0.1) is 19.3 Å². The molecule has 1 aliphatic heterocycles. The van der Waals surface area contributed by atoms with E-state index in [1.807, 2.05) is 24.3 Å². The molecule has 0 radical (unpaired) electrons. The summed E-state index contributed by atoms with van der Waals surface area (Å²) >= 11 is 0. The molecule has 162 valence electrons. The SMILES string of the molecule is Cc1cccc(C)c1-n1nc2c(c1-c1ccc(NC(N)=O)cc1)CN(CC(C)(C)C)C2. The van der Waals surface area contributed by atoms with Crippen molar-refractivity contribution >= 4 is 11.7 Å². The number of fused-ring (bicyclic) bond motifs is 1. The fourth-order valence-corrected chi connectivity index (χ4v) is 4.51. The van der Waals surface area contributed by atoms with Crippen molar-refractivity contribution in [2.75, 3.05) is 11.9 Å². The maximum absolute atomic E-state index is 11.2. The number of carbonyl (C=O) groups is 1. The number of nitrogens with zero attached hydrogens (tertiary/aromatic N) is 3. The first-order chi connectivity index (χ1) is 14.6. The van der Waals surface area contributed by atoms with E-state index in [2.05, 4.69) is 67.7 Å². The first-order valence-corrected chi connectivity index (χ1v) is 10.7. The van der Waals surface area contributed by atoms with Crippen LogP contribution in [0.25, 0.3) is 16.9 Å². The van der Waals surface area contributed by atoms with E-state index >= 15 is 0 Å². The molecule has 2 amide bonds. The average Bonchev–Trinajstić information content (AvgIpc) is 3.17. The second kappa shape index (κ2) is 7.85. The van der Waals surface area contributed by atoms with Crippen molar-refractivity contribution in [2.24, 2.45) is 11.1 Å². The molecule has 1 aromatic heterocycles. The van der Waals surface area contributed by atoms with Gasteiger partial charge in [0.1, 0.15) is 0 Å². The van der Waals surface area contributed by atoms with E-state index in [1.165, 1.54) is 16.7 Å². The summed E-state index contributed by atoms with van der Waals surface area (Å²) in [6, 6.07) is 13.6. The first-order valence-electron chi connectivity index (χ1n) is 10.7. The summed E-state index contributed by atoms with van der Waals surface area (Å²) in [5, 5.41) is 7.73. The molecule has 6 heteroatoms. The van der Waals surface area contributed by atoms with Gasteiger partial charge in [0.05, 0.1) is 17.1 Å². The van der Waals surface area contributed by atoms with Gasteiger partial charge in [-0.2, -0.15) is 5.10 Å². The van der Waals surface area contributed by atoms with E-state index in [-0.39, 0.29) is 5.41 Å². The molecule has 3 N–H and O–H groups in total. The van der Waals surface area contributed by atoms with Crippen molar-refractivity contribution in [3.63, 3.8) is 0 Å². The van der Waals surface area contributed by atoms with E-state index in [4.69, 9.17) is 10.8 Å². The molecule has 1 aliphatic rings. The zero-order chi connectivity index (χ0) is 22.3. The molecule has 0 saturated heterocycles. The van der Waals surface area contributed by atoms with E-state index in [0.717, 1.165) is 42.3 Å². The maximum atomic E-state index is 11.2. The van der Waals surface area contributed by atoms with E-state index in [1.54, 1.807) is 0 Å². The molecule has 3 aromatic rings. The molecule has 0 fully saturated rings. The number of hydrogen-bond acceptors (Lipinski definition) is 3. The van der Waals surface area contributed by atoms with Crippen molar-refractivity contribution in [3.8, 4) is 16.9 Å². The van der Waals surface area contributed by atoms with E-state index < -0.39 is 6.03 Å². The van der Waals surface area contributed by atoms with Gasteiger partial charge in [-0.1, -0.05) is 51.1 Å². The van der Waals surface area contributed by atoms with Gasteiger partial charge in [-0.3, -0.25) is 4.90 Å². The highest BCUT2D eigenvalue weighted by molar-refractivity contribution is 5.88. The standard InChI is InChI=1S/C25H31N5O/c1-16-7-6-8-17(2)22(16)30-23(18-9-11-19(12-10-18)27-24(26)31)20-13-29(14-21(20)28-30)15-25(3,4)5/h6-12H,13-15H2,1-5H3,(H3,26,27,31). The molecule has 0 spiro atoms. The van der Waals surface area contributed by atoms with Crippen molar-refractivity contribution in [1.29, 1.82) is 0 Å². The van der Waals surface area contributed by atoms with Crippen LogP contribution in [0.1, 0.15) is 43.2 Å².